The number of nitrogens with zero attached hydrogens (tertiary/aromatic N) is 2. The molecule has 94 valence electrons. The number of aromatic nitrogens is 1. The maximum absolute atomic E-state index is 12.4. The molecule has 1 saturated heterocycles. The SMILES string of the molecule is O=C(c1ccc2ocnc2c1)N1CCCCCC1. The summed E-state index contributed by atoms with van der Waals surface area (Å²) >= 11 is 0. The molecule has 1 aliphatic rings. The summed E-state index contributed by atoms with van der Waals surface area (Å²) in [5, 5.41) is 0. The Hall–Kier alpha value is -1.84. The van der Waals surface area contributed by atoms with Gasteiger partial charge in [0.15, 0.2) is 12.0 Å². The molecule has 0 unspecified atom stereocenters. The Bertz CT molecular complexity index is 554. The zero-order valence-electron chi connectivity index (χ0n) is 10.3. The maximum atomic E-state index is 12.4. The molecule has 0 aliphatic carbocycles. The van der Waals surface area contributed by atoms with Crippen molar-refractivity contribution in [1.82, 2.24) is 9.88 Å². The van der Waals surface area contributed by atoms with Crippen molar-refractivity contribution in [2.75, 3.05) is 13.1 Å². The molecule has 4 nitrogen and oxygen atoms in total. The Morgan fingerprint density at radius 1 is 1.17 bits per heavy atom. The molecule has 4 heteroatoms. The fourth-order valence-corrected chi connectivity index (χ4v) is 2.45. The molecule has 1 aliphatic heterocycles. The highest BCUT2D eigenvalue weighted by Crippen LogP contribution is 2.17. The van der Waals surface area contributed by atoms with Gasteiger partial charge in [-0.05, 0) is 31.0 Å². The predicted octanol–water partition coefficient (Wildman–Crippen LogP) is 2.84. The molecule has 1 aromatic heterocycles. The Morgan fingerprint density at radius 2 is 1.94 bits per heavy atom. The van der Waals surface area contributed by atoms with Crippen LogP contribution in [0.3, 0.4) is 0 Å². The Labute approximate surface area is 106 Å². The smallest absolute Gasteiger partial charge is 0.253 e. The van der Waals surface area contributed by atoms with E-state index in [1.807, 2.05) is 23.1 Å². The van der Waals surface area contributed by atoms with Crippen LogP contribution in [0, 0.1) is 0 Å². The molecule has 2 heterocycles. The van der Waals surface area contributed by atoms with Crippen molar-refractivity contribution in [3.63, 3.8) is 0 Å². The van der Waals surface area contributed by atoms with Crippen molar-refractivity contribution in [2.45, 2.75) is 25.7 Å². The number of likely N-dealkylation sites (tertiary alicyclic amines) is 1. The standard InChI is InChI=1S/C14H16N2O2/c17-14(16-7-3-1-2-4-8-16)11-5-6-13-12(9-11)15-10-18-13/h5-6,9-10H,1-4,7-8H2. The third-order valence-electron chi connectivity index (χ3n) is 3.47. The lowest BCUT2D eigenvalue weighted by Gasteiger charge is -2.20. The molecule has 0 N–H and O–H groups in total. The monoisotopic (exact) mass is 244 g/mol. The third kappa shape index (κ3) is 2.10. The van der Waals surface area contributed by atoms with E-state index in [1.165, 1.54) is 19.2 Å². The summed E-state index contributed by atoms with van der Waals surface area (Å²) in [6, 6.07) is 5.44. The van der Waals surface area contributed by atoms with Crippen LogP contribution >= 0.6 is 0 Å². The van der Waals surface area contributed by atoms with Gasteiger partial charge in [0, 0.05) is 18.7 Å². The van der Waals surface area contributed by atoms with Gasteiger partial charge in [0.2, 0.25) is 0 Å². The number of benzene rings is 1. The quantitative estimate of drug-likeness (QED) is 0.775. The summed E-state index contributed by atoms with van der Waals surface area (Å²) in [4.78, 5) is 18.4. The molecule has 0 radical (unpaired) electrons. The van der Waals surface area contributed by atoms with Gasteiger partial charge in [-0.15, -0.1) is 0 Å². The van der Waals surface area contributed by atoms with Crippen LogP contribution < -0.4 is 0 Å². The van der Waals surface area contributed by atoms with E-state index in [2.05, 4.69) is 4.98 Å². The van der Waals surface area contributed by atoms with Gasteiger partial charge in [-0.2, -0.15) is 0 Å². The van der Waals surface area contributed by atoms with E-state index >= 15 is 0 Å². The van der Waals surface area contributed by atoms with E-state index in [4.69, 9.17) is 4.42 Å². The minimum absolute atomic E-state index is 0.113. The molecule has 1 aromatic carbocycles. The Morgan fingerprint density at radius 3 is 2.72 bits per heavy atom. The molecule has 2 aromatic rings. The first-order valence-electron chi connectivity index (χ1n) is 6.47. The molecule has 0 atom stereocenters. The molecule has 0 bridgehead atoms. The van der Waals surface area contributed by atoms with E-state index < -0.39 is 0 Å². The predicted molar refractivity (Wildman–Crippen MR) is 68.4 cm³/mol. The second kappa shape index (κ2) is 4.80. The first-order valence-corrected chi connectivity index (χ1v) is 6.47. The van der Waals surface area contributed by atoms with Crippen molar-refractivity contribution in [2.24, 2.45) is 0 Å². The number of oxazole rings is 1. The number of carbonyl (C=O) groups is 1. The fraction of sp³-hybridized carbons (Fsp3) is 0.429. The highest BCUT2D eigenvalue weighted by atomic mass is 16.3. The van der Waals surface area contributed by atoms with E-state index in [9.17, 15) is 4.79 Å². The minimum Gasteiger partial charge on any atom is -0.443 e. The largest absolute Gasteiger partial charge is 0.443 e. The zero-order chi connectivity index (χ0) is 12.4. The molecule has 0 saturated carbocycles. The topological polar surface area (TPSA) is 46.3 Å². The van der Waals surface area contributed by atoms with Crippen LogP contribution in [0.25, 0.3) is 11.1 Å². The minimum atomic E-state index is 0.113. The molecular formula is C14H16N2O2. The maximum Gasteiger partial charge on any atom is 0.253 e. The van der Waals surface area contributed by atoms with Gasteiger partial charge in [0.1, 0.15) is 5.52 Å². The molecule has 18 heavy (non-hydrogen) atoms. The first-order chi connectivity index (χ1) is 8.84. The van der Waals surface area contributed by atoms with Crippen LogP contribution in [0.15, 0.2) is 29.0 Å². The summed E-state index contributed by atoms with van der Waals surface area (Å²) < 4.78 is 5.18. The van der Waals surface area contributed by atoms with Crippen LogP contribution in [0.1, 0.15) is 36.0 Å². The van der Waals surface area contributed by atoms with E-state index in [0.717, 1.165) is 37.0 Å². The molecule has 1 fully saturated rings. The molecule has 3 rings (SSSR count). The van der Waals surface area contributed by atoms with Gasteiger partial charge >= 0.3 is 0 Å². The van der Waals surface area contributed by atoms with Crippen LogP contribution in [0.5, 0.6) is 0 Å². The van der Waals surface area contributed by atoms with Crippen molar-refractivity contribution in [3.05, 3.63) is 30.2 Å². The number of amides is 1. The molecular weight excluding hydrogens is 228 g/mol. The zero-order valence-corrected chi connectivity index (χ0v) is 10.3. The lowest BCUT2D eigenvalue weighted by Crippen LogP contribution is -2.31. The lowest BCUT2D eigenvalue weighted by atomic mass is 10.1. The van der Waals surface area contributed by atoms with Crippen LogP contribution in [-0.4, -0.2) is 28.9 Å². The second-order valence-electron chi connectivity index (χ2n) is 4.74. The summed E-state index contributed by atoms with van der Waals surface area (Å²) in [5.41, 5.74) is 2.18. The second-order valence-corrected chi connectivity index (χ2v) is 4.74. The van der Waals surface area contributed by atoms with Gasteiger partial charge in [0.05, 0.1) is 0 Å². The summed E-state index contributed by atoms with van der Waals surface area (Å²) in [7, 11) is 0. The van der Waals surface area contributed by atoms with Gasteiger partial charge in [0.25, 0.3) is 5.91 Å². The normalized spacial score (nSPS) is 16.8. The van der Waals surface area contributed by atoms with E-state index in [0.29, 0.717) is 5.56 Å². The summed E-state index contributed by atoms with van der Waals surface area (Å²) in [6.45, 7) is 1.74. The van der Waals surface area contributed by atoms with Crippen LogP contribution in [0.4, 0.5) is 0 Å². The summed E-state index contributed by atoms with van der Waals surface area (Å²) in [5.74, 6) is 0.113. The third-order valence-corrected chi connectivity index (χ3v) is 3.47. The average Bonchev–Trinajstić information content (AvgIpc) is 2.69. The van der Waals surface area contributed by atoms with E-state index in [1.54, 1.807) is 0 Å². The van der Waals surface area contributed by atoms with Gasteiger partial charge in [-0.3, -0.25) is 4.79 Å². The lowest BCUT2D eigenvalue weighted by molar-refractivity contribution is 0.0762. The van der Waals surface area contributed by atoms with Crippen LogP contribution in [-0.2, 0) is 0 Å². The number of carbonyl (C=O) groups excluding carboxylic acids is 1. The first kappa shape index (κ1) is 11.3. The van der Waals surface area contributed by atoms with Gasteiger partial charge < -0.3 is 9.32 Å². The average molecular weight is 244 g/mol. The number of fused-ring (bicyclic) bond motifs is 1. The Balaban J connectivity index is 1.85. The molecule has 1 amide bonds. The number of hydrogen-bond donors (Lipinski definition) is 0. The number of rotatable bonds is 1. The van der Waals surface area contributed by atoms with Gasteiger partial charge in [-0.25, -0.2) is 4.98 Å². The fourth-order valence-electron chi connectivity index (χ4n) is 2.45. The Kier molecular flexibility index (Phi) is 3.00. The van der Waals surface area contributed by atoms with Crippen molar-refractivity contribution in [1.29, 1.82) is 0 Å². The highest BCUT2D eigenvalue weighted by Gasteiger charge is 2.17. The molecule has 0 spiro atoms. The van der Waals surface area contributed by atoms with Crippen LogP contribution in [0.2, 0.25) is 0 Å². The highest BCUT2D eigenvalue weighted by molar-refractivity contribution is 5.97. The van der Waals surface area contributed by atoms with Crippen molar-refractivity contribution >= 4 is 17.0 Å². The van der Waals surface area contributed by atoms with Gasteiger partial charge in [-0.1, -0.05) is 12.8 Å². The van der Waals surface area contributed by atoms with E-state index in [-0.39, 0.29) is 5.91 Å². The van der Waals surface area contributed by atoms with Crippen molar-refractivity contribution < 1.29 is 9.21 Å². The number of hydrogen-bond acceptors (Lipinski definition) is 3. The van der Waals surface area contributed by atoms with Crippen molar-refractivity contribution in [3.8, 4) is 0 Å². The summed E-state index contributed by atoms with van der Waals surface area (Å²) in [6.07, 6.45) is 6.08.